The summed E-state index contributed by atoms with van der Waals surface area (Å²) in [5.41, 5.74) is 1.55. The number of amides is 2. The molecule has 0 aromatic heterocycles. The molecule has 2 amide bonds. The van der Waals surface area contributed by atoms with Crippen LogP contribution in [0.15, 0.2) is 48.5 Å². The van der Waals surface area contributed by atoms with Crippen molar-refractivity contribution in [1.82, 2.24) is 10.2 Å². The molecule has 0 fully saturated rings. The van der Waals surface area contributed by atoms with Crippen LogP contribution in [-0.4, -0.2) is 37.4 Å². The number of carbonyl (C=O) groups excluding carboxylic acids is 2. The number of rotatable bonds is 6. The van der Waals surface area contributed by atoms with Crippen molar-refractivity contribution >= 4 is 34.4 Å². The highest BCUT2D eigenvalue weighted by molar-refractivity contribution is 14.1. The molecule has 126 valence electrons. The minimum Gasteiger partial charge on any atom is -0.484 e. The third-order valence-corrected chi connectivity index (χ3v) is 4.18. The molecule has 2 aromatic rings. The Labute approximate surface area is 155 Å². The van der Waals surface area contributed by atoms with E-state index in [0.29, 0.717) is 17.9 Å². The van der Waals surface area contributed by atoms with Crippen LogP contribution >= 0.6 is 22.6 Å². The topological polar surface area (TPSA) is 58.6 Å². The monoisotopic (exact) mass is 438 g/mol. The summed E-state index contributed by atoms with van der Waals surface area (Å²) in [5.74, 6) is 0.438. The lowest BCUT2D eigenvalue weighted by Crippen LogP contribution is -2.31. The molecular formula is C18H19IN2O3. The average molecular weight is 438 g/mol. The first-order chi connectivity index (χ1) is 11.5. The average Bonchev–Trinajstić information content (AvgIpc) is 2.60. The summed E-state index contributed by atoms with van der Waals surface area (Å²) in [6.07, 6.45) is 0. The van der Waals surface area contributed by atoms with Gasteiger partial charge in [0.25, 0.3) is 11.8 Å². The van der Waals surface area contributed by atoms with Gasteiger partial charge in [0.1, 0.15) is 5.75 Å². The fourth-order valence-electron chi connectivity index (χ4n) is 2.05. The van der Waals surface area contributed by atoms with Gasteiger partial charge >= 0.3 is 0 Å². The van der Waals surface area contributed by atoms with E-state index < -0.39 is 0 Å². The van der Waals surface area contributed by atoms with E-state index in [-0.39, 0.29) is 18.4 Å². The highest BCUT2D eigenvalue weighted by Gasteiger charge is 2.11. The quantitative estimate of drug-likeness (QED) is 0.706. The SMILES string of the molecule is CNC(=O)c1ccc(CN(C)C(=O)COc2ccc(I)cc2)cc1. The second-order valence-corrected chi connectivity index (χ2v) is 6.51. The number of ether oxygens (including phenoxy) is 1. The van der Waals surface area contributed by atoms with Crippen LogP contribution in [0.25, 0.3) is 0 Å². The van der Waals surface area contributed by atoms with Gasteiger partial charge < -0.3 is 15.0 Å². The van der Waals surface area contributed by atoms with E-state index in [1.54, 1.807) is 31.1 Å². The summed E-state index contributed by atoms with van der Waals surface area (Å²) in [6.45, 7) is 0.455. The molecule has 24 heavy (non-hydrogen) atoms. The Hall–Kier alpha value is -2.09. The van der Waals surface area contributed by atoms with Crippen LogP contribution in [0.1, 0.15) is 15.9 Å². The van der Waals surface area contributed by atoms with Gasteiger partial charge in [-0.25, -0.2) is 0 Å². The zero-order chi connectivity index (χ0) is 17.5. The van der Waals surface area contributed by atoms with Crippen molar-refractivity contribution in [2.75, 3.05) is 20.7 Å². The van der Waals surface area contributed by atoms with E-state index in [1.165, 1.54) is 0 Å². The van der Waals surface area contributed by atoms with Crippen LogP contribution in [0, 0.1) is 3.57 Å². The maximum Gasteiger partial charge on any atom is 0.260 e. The van der Waals surface area contributed by atoms with Gasteiger partial charge in [0.15, 0.2) is 6.61 Å². The standard InChI is InChI=1S/C18H19IN2O3/c1-20-18(23)14-5-3-13(4-6-14)11-21(2)17(22)12-24-16-9-7-15(19)8-10-16/h3-10H,11-12H2,1-2H3,(H,20,23). The van der Waals surface area contributed by atoms with Crippen molar-refractivity contribution in [2.45, 2.75) is 6.54 Å². The predicted molar refractivity (Wildman–Crippen MR) is 101 cm³/mol. The molecule has 0 bridgehead atoms. The maximum atomic E-state index is 12.1. The minimum absolute atomic E-state index is 0.00653. The first kappa shape index (κ1) is 18.3. The van der Waals surface area contributed by atoms with Crippen molar-refractivity contribution in [2.24, 2.45) is 0 Å². The van der Waals surface area contributed by atoms with Crippen molar-refractivity contribution in [3.63, 3.8) is 0 Å². The Balaban J connectivity index is 1.86. The summed E-state index contributed by atoms with van der Waals surface area (Å²) < 4.78 is 6.61. The van der Waals surface area contributed by atoms with Crippen LogP contribution in [0.3, 0.4) is 0 Å². The van der Waals surface area contributed by atoms with Crippen molar-refractivity contribution in [1.29, 1.82) is 0 Å². The normalized spacial score (nSPS) is 10.1. The zero-order valence-corrected chi connectivity index (χ0v) is 15.7. The summed E-state index contributed by atoms with van der Waals surface area (Å²) in [5, 5.41) is 2.57. The Morgan fingerprint density at radius 2 is 1.71 bits per heavy atom. The molecule has 0 aliphatic heterocycles. The number of hydrogen-bond donors (Lipinski definition) is 1. The highest BCUT2D eigenvalue weighted by Crippen LogP contribution is 2.14. The largest absolute Gasteiger partial charge is 0.484 e. The van der Waals surface area contributed by atoms with E-state index in [9.17, 15) is 9.59 Å². The number of nitrogens with one attached hydrogen (secondary N) is 1. The van der Waals surface area contributed by atoms with Crippen LogP contribution in [0.5, 0.6) is 5.75 Å². The number of hydrogen-bond acceptors (Lipinski definition) is 3. The van der Waals surface area contributed by atoms with Crippen LogP contribution < -0.4 is 10.1 Å². The second kappa shape index (κ2) is 8.68. The first-order valence-electron chi connectivity index (χ1n) is 7.43. The smallest absolute Gasteiger partial charge is 0.260 e. The summed E-state index contributed by atoms with van der Waals surface area (Å²) in [7, 11) is 3.32. The molecule has 0 unspecified atom stereocenters. The van der Waals surface area contributed by atoms with E-state index >= 15 is 0 Å². The van der Waals surface area contributed by atoms with Crippen LogP contribution in [0.4, 0.5) is 0 Å². The molecule has 0 radical (unpaired) electrons. The van der Waals surface area contributed by atoms with Gasteiger partial charge in [0.2, 0.25) is 0 Å². The number of carbonyl (C=O) groups is 2. The van der Waals surface area contributed by atoms with E-state index in [1.807, 2.05) is 36.4 Å². The second-order valence-electron chi connectivity index (χ2n) is 5.27. The van der Waals surface area contributed by atoms with Crippen molar-refractivity contribution in [3.05, 3.63) is 63.2 Å². The number of likely N-dealkylation sites (N-methyl/N-ethyl adjacent to an activating group) is 1. The van der Waals surface area contributed by atoms with Gasteiger partial charge in [-0.2, -0.15) is 0 Å². The third kappa shape index (κ3) is 5.23. The summed E-state index contributed by atoms with van der Waals surface area (Å²) in [4.78, 5) is 25.2. The Morgan fingerprint density at radius 1 is 1.08 bits per heavy atom. The molecule has 0 atom stereocenters. The number of nitrogens with zero attached hydrogens (tertiary/aromatic N) is 1. The molecule has 0 aliphatic rings. The lowest BCUT2D eigenvalue weighted by Gasteiger charge is -2.18. The molecule has 5 nitrogen and oxygen atoms in total. The van der Waals surface area contributed by atoms with Crippen molar-refractivity contribution in [3.8, 4) is 5.75 Å². The lowest BCUT2D eigenvalue weighted by molar-refractivity contribution is -0.132. The Kier molecular flexibility index (Phi) is 6.60. The Bertz CT molecular complexity index is 699. The molecular weight excluding hydrogens is 419 g/mol. The fraction of sp³-hybridized carbons (Fsp3) is 0.222. The molecule has 6 heteroatoms. The van der Waals surface area contributed by atoms with Gasteiger partial charge in [0.05, 0.1) is 0 Å². The van der Waals surface area contributed by atoms with E-state index in [4.69, 9.17) is 4.74 Å². The van der Waals surface area contributed by atoms with Gasteiger partial charge in [-0.1, -0.05) is 12.1 Å². The van der Waals surface area contributed by atoms with Gasteiger partial charge in [0, 0.05) is 29.8 Å². The molecule has 0 aliphatic carbocycles. The summed E-state index contributed by atoms with van der Waals surface area (Å²) >= 11 is 2.21. The third-order valence-electron chi connectivity index (χ3n) is 3.46. The maximum absolute atomic E-state index is 12.1. The molecule has 0 heterocycles. The first-order valence-corrected chi connectivity index (χ1v) is 8.51. The zero-order valence-electron chi connectivity index (χ0n) is 13.6. The molecule has 2 rings (SSSR count). The number of benzene rings is 2. The molecule has 1 N–H and O–H groups in total. The van der Waals surface area contributed by atoms with Gasteiger partial charge in [-0.05, 0) is 64.6 Å². The van der Waals surface area contributed by atoms with Crippen LogP contribution in [-0.2, 0) is 11.3 Å². The molecule has 0 saturated heterocycles. The minimum atomic E-state index is -0.128. The van der Waals surface area contributed by atoms with E-state index in [2.05, 4.69) is 27.9 Å². The van der Waals surface area contributed by atoms with Gasteiger partial charge in [-0.15, -0.1) is 0 Å². The molecule has 0 spiro atoms. The van der Waals surface area contributed by atoms with E-state index in [0.717, 1.165) is 9.13 Å². The molecule has 0 saturated carbocycles. The fourth-order valence-corrected chi connectivity index (χ4v) is 2.41. The summed E-state index contributed by atoms with van der Waals surface area (Å²) in [6, 6.07) is 14.7. The number of halogens is 1. The molecule has 2 aromatic carbocycles. The Morgan fingerprint density at radius 3 is 2.29 bits per heavy atom. The van der Waals surface area contributed by atoms with Crippen molar-refractivity contribution < 1.29 is 14.3 Å². The lowest BCUT2D eigenvalue weighted by atomic mass is 10.1. The van der Waals surface area contributed by atoms with Gasteiger partial charge in [-0.3, -0.25) is 9.59 Å². The highest BCUT2D eigenvalue weighted by atomic mass is 127. The van der Waals surface area contributed by atoms with Crippen LogP contribution in [0.2, 0.25) is 0 Å². The predicted octanol–water partition coefficient (Wildman–Crippen LogP) is 2.69.